The molecule has 2 aliphatic heterocycles. The van der Waals surface area contributed by atoms with E-state index in [0.29, 0.717) is 24.6 Å². The second-order valence-corrected chi connectivity index (χ2v) is 4.66. The number of aliphatic hydroxyl groups excluding tert-OH is 1. The van der Waals surface area contributed by atoms with Crippen LogP contribution in [0.4, 0.5) is 0 Å². The van der Waals surface area contributed by atoms with Crippen molar-refractivity contribution >= 4 is 5.91 Å². The lowest BCUT2D eigenvalue weighted by Crippen LogP contribution is -2.57. The first kappa shape index (κ1) is 11.3. The lowest BCUT2D eigenvalue weighted by Gasteiger charge is -2.40. The number of rotatable bonds is 2. The highest BCUT2D eigenvalue weighted by atomic mass is 16.6. The fourth-order valence-electron chi connectivity index (χ4n) is 2.21. The average Bonchev–Trinajstić information content (AvgIpc) is 2.37. The lowest BCUT2D eigenvalue weighted by atomic mass is 10.0. The predicted molar refractivity (Wildman–Crippen MR) is 63.5 cm³/mol. The molecule has 2 aliphatic rings. The van der Waals surface area contributed by atoms with Gasteiger partial charge in [-0.15, -0.1) is 0 Å². The highest BCUT2D eigenvalue weighted by molar-refractivity contribution is 5.82. The summed E-state index contributed by atoms with van der Waals surface area (Å²) in [6.07, 6.45) is -0.570. The van der Waals surface area contributed by atoms with Gasteiger partial charge in [-0.25, -0.2) is 0 Å². The molecule has 0 bridgehead atoms. The number of carbonyl (C=O) groups is 1. The van der Waals surface area contributed by atoms with E-state index < -0.39 is 6.10 Å². The number of ether oxygens (including phenoxy) is 2. The van der Waals surface area contributed by atoms with E-state index in [0.717, 1.165) is 0 Å². The van der Waals surface area contributed by atoms with Gasteiger partial charge in [0.15, 0.2) is 11.5 Å². The molecule has 2 heterocycles. The molecule has 96 valence electrons. The van der Waals surface area contributed by atoms with Crippen molar-refractivity contribution in [3.63, 3.8) is 0 Å². The highest BCUT2D eigenvalue weighted by Gasteiger charge is 2.37. The molecule has 1 N–H and O–H groups in total. The quantitative estimate of drug-likeness (QED) is 0.817. The Bertz CT molecular complexity index is 456. The van der Waals surface area contributed by atoms with Crippen molar-refractivity contribution in [3.05, 3.63) is 24.3 Å². The fraction of sp³-hybridized carbons (Fsp3) is 0.462. The van der Waals surface area contributed by atoms with Crippen molar-refractivity contribution < 1.29 is 19.4 Å². The molecule has 1 unspecified atom stereocenters. The van der Waals surface area contributed by atoms with E-state index in [4.69, 9.17) is 14.6 Å². The lowest BCUT2D eigenvalue weighted by molar-refractivity contribution is -0.148. The zero-order chi connectivity index (χ0) is 12.5. The van der Waals surface area contributed by atoms with Gasteiger partial charge in [-0.1, -0.05) is 12.1 Å². The van der Waals surface area contributed by atoms with E-state index in [1.807, 2.05) is 18.2 Å². The number of carbonyl (C=O) groups excluding carboxylic acids is 1. The van der Waals surface area contributed by atoms with Gasteiger partial charge in [0, 0.05) is 25.6 Å². The van der Waals surface area contributed by atoms with Crippen molar-refractivity contribution in [1.29, 1.82) is 0 Å². The molecule has 1 saturated heterocycles. The van der Waals surface area contributed by atoms with Crippen LogP contribution < -0.4 is 9.47 Å². The largest absolute Gasteiger partial charge is 0.485 e. The van der Waals surface area contributed by atoms with Gasteiger partial charge in [0.25, 0.3) is 5.91 Å². The van der Waals surface area contributed by atoms with E-state index in [-0.39, 0.29) is 25.0 Å². The van der Waals surface area contributed by atoms with Gasteiger partial charge >= 0.3 is 0 Å². The first-order valence-corrected chi connectivity index (χ1v) is 6.06. The molecule has 3 rings (SSSR count). The molecular weight excluding hydrogens is 234 g/mol. The summed E-state index contributed by atoms with van der Waals surface area (Å²) in [5, 5.41) is 8.93. The summed E-state index contributed by atoms with van der Waals surface area (Å²) in [4.78, 5) is 13.8. The molecule has 0 radical (unpaired) electrons. The molecule has 1 aromatic carbocycles. The van der Waals surface area contributed by atoms with E-state index in [1.54, 1.807) is 11.0 Å². The third-order valence-corrected chi connectivity index (χ3v) is 3.31. The minimum absolute atomic E-state index is 0.0609. The molecule has 18 heavy (non-hydrogen) atoms. The topological polar surface area (TPSA) is 59.0 Å². The first-order valence-electron chi connectivity index (χ1n) is 6.06. The Labute approximate surface area is 105 Å². The summed E-state index contributed by atoms with van der Waals surface area (Å²) in [5.74, 6) is 1.44. The molecule has 0 spiro atoms. The zero-order valence-corrected chi connectivity index (χ0v) is 9.91. The van der Waals surface area contributed by atoms with E-state index in [9.17, 15) is 4.79 Å². The van der Waals surface area contributed by atoms with Gasteiger partial charge in [0.1, 0.15) is 6.61 Å². The van der Waals surface area contributed by atoms with Crippen LogP contribution in [-0.2, 0) is 4.79 Å². The van der Waals surface area contributed by atoms with Gasteiger partial charge in [-0.3, -0.25) is 4.79 Å². The van der Waals surface area contributed by atoms with Crippen LogP contribution in [0.15, 0.2) is 24.3 Å². The zero-order valence-electron chi connectivity index (χ0n) is 9.91. The van der Waals surface area contributed by atoms with Crippen molar-refractivity contribution in [2.75, 3.05) is 26.3 Å². The Hall–Kier alpha value is -1.75. The molecule has 0 saturated carbocycles. The van der Waals surface area contributed by atoms with Crippen molar-refractivity contribution in [2.24, 2.45) is 5.92 Å². The molecule has 0 aromatic heterocycles. The first-order chi connectivity index (χ1) is 8.78. The number of fused-ring (bicyclic) bond motifs is 1. The SMILES string of the molecule is O=C(C1COc2ccccc2O1)N1CC(CO)C1. The van der Waals surface area contributed by atoms with Crippen molar-refractivity contribution in [2.45, 2.75) is 6.10 Å². The van der Waals surface area contributed by atoms with Gasteiger partial charge in [-0.2, -0.15) is 0 Å². The average molecular weight is 249 g/mol. The standard InChI is InChI=1S/C13H15NO4/c15-7-9-5-14(6-9)13(16)12-8-17-10-3-1-2-4-11(10)18-12/h1-4,9,12,15H,5-8H2. The minimum Gasteiger partial charge on any atom is -0.485 e. The second kappa shape index (κ2) is 4.49. The predicted octanol–water partition coefficient (Wildman–Crippen LogP) is 0.277. The number of likely N-dealkylation sites (tertiary alicyclic amines) is 1. The molecule has 1 amide bonds. The Kier molecular flexibility index (Phi) is 2.83. The number of benzene rings is 1. The molecule has 0 aliphatic carbocycles. The van der Waals surface area contributed by atoms with Crippen LogP contribution in [0.3, 0.4) is 0 Å². The molecular formula is C13H15NO4. The van der Waals surface area contributed by atoms with E-state index in [1.165, 1.54) is 0 Å². The molecule has 1 atom stereocenters. The highest BCUT2D eigenvalue weighted by Crippen LogP contribution is 2.31. The Balaban J connectivity index is 1.64. The molecule has 1 aromatic rings. The number of hydrogen-bond acceptors (Lipinski definition) is 4. The second-order valence-electron chi connectivity index (χ2n) is 4.66. The van der Waals surface area contributed by atoms with E-state index >= 15 is 0 Å². The summed E-state index contributed by atoms with van der Waals surface area (Å²) in [6.45, 7) is 1.60. The Morgan fingerprint density at radius 1 is 1.33 bits per heavy atom. The maximum atomic E-state index is 12.1. The van der Waals surface area contributed by atoms with Crippen LogP contribution in [0.1, 0.15) is 0 Å². The molecule has 1 fully saturated rings. The Morgan fingerprint density at radius 2 is 2.06 bits per heavy atom. The monoisotopic (exact) mass is 249 g/mol. The van der Waals surface area contributed by atoms with Crippen LogP contribution in [0.2, 0.25) is 0 Å². The fourth-order valence-corrected chi connectivity index (χ4v) is 2.21. The van der Waals surface area contributed by atoms with Crippen molar-refractivity contribution in [1.82, 2.24) is 4.90 Å². The smallest absolute Gasteiger partial charge is 0.267 e. The van der Waals surface area contributed by atoms with Gasteiger partial charge < -0.3 is 19.5 Å². The summed E-state index contributed by atoms with van der Waals surface area (Å²) in [7, 11) is 0. The summed E-state index contributed by atoms with van der Waals surface area (Å²) < 4.78 is 11.1. The maximum Gasteiger partial charge on any atom is 0.267 e. The Morgan fingerprint density at radius 3 is 2.78 bits per heavy atom. The van der Waals surface area contributed by atoms with E-state index in [2.05, 4.69) is 0 Å². The van der Waals surface area contributed by atoms with Crippen LogP contribution in [0.5, 0.6) is 11.5 Å². The number of nitrogens with zero attached hydrogens (tertiary/aromatic N) is 1. The van der Waals surface area contributed by atoms with Crippen LogP contribution in [0, 0.1) is 5.92 Å². The number of para-hydroxylation sites is 2. The molecule has 5 heteroatoms. The minimum atomic E-state index is -0.570. The van der Waals surface area contributed by atoms with Gasteiger partial charge in [0.05, 0.1) is 0 Å². The van der Waals surface area contributed by atoms with Gasteiger partial charge in [0.2, 0.25) is 6.10 Å². The van der Waals surface area contributed by atoms with Crippen LogP contribution in [0.25, 0.3) is 0 Å². The normalized spacial score (nSPS) is 22.5. The van der Waals surface area contributed by atoms with Crippen LogP contribution in [-0.4, -0.2) is 48.3 Å². The molecule has 5 nitrogen and oxygen atoms in total. The maximum absolute atomic E-state index is 12.1. The summed E-state index contributed by atoms with van der Waals surface area (Å²) >= 11 is 0. The van der Waals surface area contributed by atoms with Gasteiger partial charge in [-0.05, 0) is 12.1 Å². The number of aliphatic hydroxyl groups is 1. The third kappa shape index (κ3) is 1.90. The third-order valence-electron chi connectivity index (χ3n) is 3.31. The summed E-state index contributed by atoms with van der Waals surface area (Å²) in [5.41, 5.74) is 0. The summed E-state index contributed by atoms with van der Waals surface area (Å²) in [6, 6.07) is 7.33. The number of amides is 1. The van der Waals surface area contributed by atoms with Crippen LogP contribution >= 0.6 is 0 Å². The van der Waals surface area contributed by atoms with Crippen molar-refractivity contribution in [3.8, 4) is 11.5 Å². The number of hydrogen-bond donors (Lipinski definition) is 1.